The van der Waals surface area contributed by atoms with Crippen molar-refractivity contribution in [1.82, 2.24) is 10.2 Å². The summed E-state index contributed by atoms with van der Waals surface area (Å²) in [5, 5.41) is 11.9. The molecule has 0 aliphatic carbocycles. The maximum absolute atomic E-state index is 12.3. The average Bonchev–Trinajstić information content (AvgIpc) is 2.77. The molecule has 1 atom stereocenters. The maximum Gasteiger partial charge on any atom is 0.258 e. The molecule has 0 bridgehead atoms. The van der Waals surface area contributed by atoms with Gasteiger partial charge in [0.15, 0.2) is 18.1 Å². The molecule has 1 fully saturated rings. The lowest BCUT2D eigenvalue weighted by Gasteiger charge is -2.31. The molecule has 3 rings (SSSR count). The van der Waals surface area contributed by atoms with Gasteiger partial charge >= 0.3 is 0 Å². The molecule has 1 heterocycles. The fraction of sp³-hybridized carbons (Fsp3) is 0.417. The number of carbonyl (C=O) groups is 1. The number of likely N-dealkylation sites (tertiary alicyclic amines) is 1. The zero-order chi connectivity index (χ0) is 21.3. The van der Waals surface area contributed by atoms with Crippen molar-refractivity contribution in [2.24, 2.45) is 5.92 Å². The summed E-state index contributed by atoms with van der Waals surface area (Å²) < 4.78 is 10.8. The number of nitrogens with one attached hydrogen (secondary N) is 1. The van der Waals surface area contributed by atoms with Gasteiger partial charge in [0.05, 0.1) is 18.7 Å². The quantitative estimate of drug-likeness (QED) is 0.725. The Balaban J connectivity index is 1.53. The second-order valence-electron chi connectivity index (χ2n) is 7.79. The topological polar surface area (TPSA) is 74.6 Å². The van der Waals surface area contributed by atoms with Crippen LogP contribution in [-0.2, 0) is 17.9 Å². The highest BCUT2D eigenvalue weighted by molar-refractivity contribution is 5.77. The third-order valence-corrected chi connectivity index (χ3v) is 5.38. The highest BCUT2D eigenvalue weighted by atomic mass is 16.5. The second-order valence-corrected chi connectivity index (χ2v) is 7.79. The van der Waals surface area contributed by atoms with Crippen molar-refractivity contribution in [2.75, 3.05) is 26.8 Å². The van der Waals surface area contributed by atoms with Crippen LogP contribution >= 0.6 is 0 Å². The van der Waals surface area contributed by atoms with Crippen molar-refractivity contribution in [3.63, 3.8) is 0 Å². The second kappa shape index (κ2) is 10.7. The Morgan fingerprint density at radius 3 is 2.77 bits per heavy atom. The largest absolute Gasteiger partial charge is 0.493 e. The van der Waals surface area contributed by atoms with Crippen molar-refractivity contribution in [3.8, 4) is 17.6 Å². The molecule has 30 heavy (non-hydrogen) atoms. The number of benzene rings is 2. The highest BCUT2D eigenvalue weighted by Crippen LogP contribution is 2.27. The minimum absolute atomic E-state index is 0.117. The van der Waals surface area contributed by atoms with Crippen molar-refractivity contribution in [3.05, 3.63) is 59.2 Å². The summed E-state index contributed by atoms with van der Waals surface area (Å²) >= 11 is 0. The standard InChI is InChI=1S/C24H29N3O3/c1-18-6-5-11-27(15-18)16-21-8-4-3-7-20(21)14-26-24(28)17-30-22-10-9-19(13-25)12-23(22)29-2/h3-4,7-10,12,18H,5-6,11,14-17H2,1-2H3,(H,26,28). The summed E-state index contributed by atoms with van der Waals surface area (Å²) in [6, 6.07) is 15.2. The summed E-state index contributed by atoms with van der Waals surface area (Å²) in [5.41, 5.74) is 2.85. The molecule has 2 aromatic rings. The molecule has 0 saturated carbocycles. The van der Waals surface area contributed by atoms with E-state index in [-0.39, 0.29) is 12.5 Å². The van der Waals surface area contributed by atoms with Crippen LogP contribution in [0.1, 0.15) is 36.5 Å². The van der Waals surface area contributed by atoms with Gasteiger partial charge in [0, 0.05) is 25.7 Å². The third-order valence-electron chi connectivity index (χ3n) is 5.38. The van der Waals surface area contributed by atoms with E-state index in [0.717, 1.165) is 31.1 Å². The van der Waals surface area contributed by atoms with Gasteiger partial charge in [-0.1, -0.05) is 31.2 Å². The lowest BCUT2D eigenvalue weighted by Crippen LogP contribution is -2.34. The number of nitrogens with zero attached hydrogens (tertiary/aromatic N) is 2. The number of ether oxygens (including phenoxy) is 2. The molecule has 0 radical (unpaired) electrons. The monoisotopic (exact) mass is 407 g/mol. The first-order chi connectivity index (χ1) is 14.6. The Morgan fingerprint density at radius 2 is 2.03 bits per heavy atom. The fourth-order valence-corrected chi connectivity index (χ4v) is 3.80. The van der Waals surface area contributed by atoms with Crippen LogP contribution in [0.2, 0.25) is 0 Å². The molecule has 0 aromatic heterocycles. The van der Waals surface area contributed by atoms with Gasteiger partial charge in [-0.2, -0.15) is 5.26 Å². The zero-order valence-corrected chi connectivity index (χ0v) is 17.7. The number of carbonyl (C=O) groups excluding carboxylic acids is 1. The Labute approximate surface area is 178 Å². The van der Waals surface area contributed by atoms with E-state index in [0.29, 0.717) is 23.6 Å². The molecule has 2 aromatic carbocycles. The summed E-state index contributed by atoms with van der Waals surface area (Å²) in [6.07, 6.45) is 2.55. The first-order valence-corrected chi connectivity index (χ1v) is 10.4. The molecule has 6 heteroatoms. The molecular weight excluding hydrogens is 378 g/mol. The fourth-order valence-electron chi connectivity index (χ4n) is 3.80. The summed E-state index contributed by atoms with van der Waals surface area (Å²) in [5.74, 6) is 1.40. The molecule has 1 unspecified atom stereocenters. The third kappa shape index (κ3) is 5.98. The number of methoxy groups -OCH3 is 1. The van der Waals surface area contributed by atoms with Crippen LogP contribution < -0.4 is 14.8 Å². The minimum atomic E-state index is -0.206. The number of nitriles is 1. The molecule has 1 amide bonds. The van der Waals surface area contributed by atoms with Gasteiger partial charge in [-0.3, -0.25) is 9.69 Å². The lowest BCUT2D eigenvalue weighted by molar-refractivity contribution is -0.123. The van der Waals surface area contributed by atoms with E-state index in [1.54, 1.807) is 18.2 Å². The van der Waals surface area contributed by atoms with Crippen LogP contribution in [0.5, 0.6) is 11.5 Å². The van der Waals surface area contributed by atoms with Crippen LogP contribution in [0.4, 0.5) is 0 Å². The Morgan fingerprint density at radius 1 is 1.23 bits per heavy atom. The predicted molar refractivity (Wildman–Crippen MR) is 115 cm³/mol. The van der Waals surface area contributed by atoms with Crippen LogP contribution in [-0.4, -0.2) is 37.6 Å². The van der Waals surface area contributed by atoms with E-state index in [4.69, 9.17) is 14.7 Å². The van der Waals surface area contributed by atoms with Crippen molar-refractivity contribution >= 4 is 5.91 Å². The average molecular weight is 408 g/mol. The molecule has 6 nitrogen and oxygen atoms in total. The zero-order valence-electron chi connectivity index (χ0n) is 17.7. The first kappa shape index (κ1) is 21.7. The van der Waals surface area contributed by atoms with E-state index >= 15 is 0 Å². The Hall–Kier alpha value is -3.04. The van der Waals surface area contributed by atoms with E-state index < -0.39 is 0 Å². The van der Waals surface area contributed by atoms with Gasteiger partial charge in [-0.05, 0) is 48.6 Å². The van der Waals surface area contributed by atoms with Gasteiger partial charge in [0.25, 0.3) is 5.91 Å². The molecule has 1 N–H and O–H groups in total. The predicted octanol–water partition coefficient (Wildman–Crippen LogP) is 3.49. The smallest absolute Gasteiger partial charge is 0.258 e. The molecule has 0 spiro atoms. The van der Waals surface area contributed by atoms with Gasteiger partial charge in [0.1, 0.15) is 0 Å². The Kier molecular flexibility index (Phi) is 7.69. The summed E-state index contributed by atoms with van der Waals surface area (Å²) in [4.78, 5) is 14.8. The number of amides is 1. The number of hydrogen-bond donors (Lipinski definition) is 1. The first-order valence-electron chi connectivity index (χ1n) is 10.4. The van der Waals surface area contributed by atoms with E-state index in [2.05, 4.69) is 35.3 Å². The molecule has 158 valence electrons. The maximum atomic E-state index is 12.3. The molecule has 1 aliphatic heterocycles. The number of piperidine rings is 1. The van der Waals surface area contributed by atoms with Crippen molar-refractivity contribution < 1.29 is 14.3 Å². The molecular formula is C24H29N3O3. The van der Waals surface area contributed by atoms with Crippen molar-refractivity contribution in [1.29, 1.82) is 5.26 Å². The molecule has 1 aliphatic rings. The van der Waals surface area contributed by atoms with Crippen LogP contribution in [0.25, 0.3) is 0 Å². The van der Waals surface area contributed by atoms with Gasteiger partial charge in [-0.25, -0.2) is 0 Å². The van der Waals surface area contributed by atoms with Crippen LogP contribution in [0.15, 0.2) is 42.5 Å². The van der Waals surface area contributed by atoms with Crippen molar-refractivity contribution in [2.45, 2.75) is 32.9 Å². The number of rotatable bonds is 8. The lowest BCUT2D eigenvalue weighted by atomic mass is 9.99. The van der Waals surface area contributed by atoms with E-state index in [1.165, 1.54) is 25.5 Å². The highest BCUT2D eigenvalue weighted by Gasteiger charge is 2.17. The van der Waals surface area contributed by atoms with Crippen LogP contribution in [0, 0.1) is 17.2 Å². The Bertz CT molecular complexity index is 907. The number of hydrogen-bond acceptors (Lipinski definition) is 5. The summed E-state index contributed by atoms with van der Waals surface area (Å²) in [6.45, 7) is 5.82. The van der Waals surface area contributed by atoms with E-state index in [9.17, 15) is 4.79 Å². The molecule has 1 saturated heterocycles. The van der Waals surface area contributed by atoms with Gasteiger partial charge < -0.3 is 14.8 Å². The van der Waals surface area contributed by atoms with Gasteiger partial charge in [0.2, 0.25) is 0 Å². The van der Waals surface area contributed by atoms with Gasteiger partial charge in [-0.15, -0.1) is 0 Å². The summed E-state index contributed by atoms with van der Waals surface area (Å²) in [7, 11) is 1.50. The minimum Gasteiger partial charge on any atom is -0.493 e. The normalized spacial score (nSPS) is 16.5. The SMILES string of the molecule is COc1cc(C#N)ccc1OCC(=O)NCc1ccccc1CN1CCCC(C)C1. The van der Waals surface area contributed by atoms with Crippen LogP contribution in [0.3, 0.4) is 0 Å². The van der Waals surface area contributed by atoms with E-state index in [1.807, 2.05) is 12.1 Å².